The summed E-state index contributed by atoms with van der Waals surface area (Å²) in [4.78, 5) is 17.8. The molecule has 0 aliphatic rings. The fourth-order valence-corrected chi connectivity index (χ4v) is 3.21. The maximum Gasteiger partial charge on any atom is 0.175 e. The molecular formula is C17H13Cl2FN2O2. The van der Waals surface area contributed by atoms with Crippen LogP contribution < -0.4 is 4.74 Å². The van der Waals surface area contributed by atoms with Crippen LogP contribution in [-0.4, -0.2) is 16.3 Å². The molecule has 4 nitrogen and oxygen atoms in total. The highest BCUT2D eigenvalue weighted by molar-refractivity contribution is 6.35. The average Bonchev–Trinajstić information content (AvgIpc) is 2.99. The number of rotatable bonds is 5. The molecule has 2 heterocycles. The fraction of sp³-hybridized carbons (Fsp3) is 0.176. The Hall–Kier alpha value is -2.11. The van der Waals surface area contributed by atoms with E-state index in [0.717, 1.165) is 0 Å². The van der Waals surface area contributed by atoms with Gasteiger partial charge in [0.1, 0.15) is 6.10 Å². The lowest BCUT2D eigenvalue weighted by Crippen LogP contribution is -2.09. The molecule has 0 aliphatic carbocycles. The van der Waals surface area contributed by atoms with Crippen molar-refractivity contribution in [2.45, 2.75) is 19.4 Å². The molecule has 0 amide bonds. The third-order valence-electron chi connectivity index (χ3n) is 3.76. The zero-order valence-electron chi connectivity index (χ0n) is 12.6. The number of carbonyl (C=O) groups is 1. The van der Waals surface area contributed by atoms with Crippen molar-refractivity contribution in [3.05, 3.63) is 57.7 Å². The second-order valence-electron chi connectivity index (χ2n) is 5.19. The second-order valence-corrected chi connectivity index (χ2v) is 6.01. The van der Waals surface area contributed by atoms with Gasteiger partial charge in [0.2, 0.25) is 0 Å². The minimum atomic E-state index is -0.601. The number of aromatic nitrogens is 2. The molecule has 124 valence electrons. The number of aldehydes is 1. The number of hydrogen-bond donors (Lipinski definition) is 1. The van der Waals surface area contributed by atoms with Crippen LogP contribution >= 0.6 is 23.2 Å². The highest BCUT2D eigenvalue weighted by Gasteiger charge is 2.22. The first-order chi connectivity index (χ1) is 11.6. The first-order valence-electron chi connectivity index (χ1n) is 7.27. The van der Waals surface area contributed by atoms with Crippen LogP contribution in [0.2, 0.25) is 10.0 Å². The summed E-state index contributed by atoms with van der Waals surface area (Å²) in [6.07, 6.45) is 4.96. The van der Waals surface area contributed by atoms with Crippen LogP contribution in [0.1, 0.15) is 35.4 Å². The number of nitrogens with one attached hydrogen (secondary N) is 1. The minimum Gasteiger partial charge on any atom is -0.483 e. The Labute approximate surface area is 147 Å². The van der Waals surface area contributed by atoms with Crippen molar-refractivity contribution in [1.82, 2.24) is 9.97 Å². The molecule has 0 fully saturated rings. The van der Waals surface area contributed by atoms with Crippen molar-refractivity contribution in [2.75, 3.05) is 0 Å². The van der Waals surface area contributed by atoms with Gasteiger partial charge in [-0.25, -0.2) is 4.39 Å². The number of nitrogens with zero attached hydrogens (tertiary/aromatic N) is 1. The maximum absolute atomic E-state index is 14.8. The number of H-pyrrole nitrogens is 1. The molecule has 0 aliphatic heterocycles. The number of pyridine rings is 1. The van der Waals surface area contributed by atoms with Gasteiger partial charge >= 0.3 is 0 Å². The summed E-state index contributed by atoms with van der Waals surface area (Å²) in [5.41, 5.74) is 1.32. The summed E-state index contributed by atoms with van der Waals surface area (Å²) in [5.74, 6) is -0.573. The van der Waals surface area contributed by atoms with Gasteiger partial charge in [-0.15, -0.1) is 0 Å². The summed E-state index contributed by atoms with van der Waals surface area (Å²) in [6.45, 7) is 1.88. The van der Waals surface area contributed by atoms with Crippen LogP contribution in [0.15, 0.2) is 30.7 Å². The van der Waals surface area contributed by atoms with Gasteiger partial charge in [0.15, 0.2) is 17.9 Å². The smallest absolute Gasteiger partial charge is 0.175 e. The summed E-state index contributed by atoms with van der Waals surface area (Å²) in [7, 11) is 0. The molecule has 1 aromatic carbocycles. The molecular weight excluding hydrogens is 354 g/mol. The molecule has 0 saturated carbocycles. The van der Waals surface area contributed by atoms with Crippen LogP contribution in [0, 0.1) is 5.82 Å². The van der Waals surface area contributed by atoms with Crippen LogP contribution in [0.3, 0.4) is 0 Å². The number of halogens is 3. The van der Waals surface area contributed by atoms with Crippen LogP contribution in [0.5, 0.6) is 5.75 Å². The van der Waals surface area contributed by atoms with Gasteiger partial charge in [-0.2, -0.15) is 0 Å². The van der Waals surface area contributed by atoms with Gasteiger partial charge in [-0.3, -0.25) is 9.78 Å². The number of hydrogen-bond acceptors (Lipinski definition) is 3. The number of benzene rings is 1. The Morgan fingerprint density at radius 3 is 2.67 bits per heavy atom. The van der Waals surface area contributed by atoms with Crippen molar-refractivity contribution in [3.63, 3.8) is 0 Å². The quantitative estimate of drug-likeness (QED) is 0.619. The summed E-state index contributed by atoms with van der Waals surface area (Å²) < 4.78 is 20.6. The first-order valence-corrected chi connectivity index (χ1v) is 8.02. The Kier molecular flexibility index (Phi) is 4.73. The van der Waals surface area contributed by atoms with Crippen molar-refractivity contribution >= 4 is 40.4 Å². The number of ether oxygens (including phenoxy) is 1. The third-order valence-corrected chi connectivity index (χ3v) is 4.36. The molecule has 0 radical (unpaired) electrons. The van der Waals surface area contributed by atoms with E-state index in [9.17, 15) is 9.18 Å². The molecule has 3 aromatic rings. The minimum absolute atomic E-state index is 0.0287. The Bertz CT molecular complexity index is 891. The molecule has 2 aromatic heterocycles. The molecule has 7 heteroatoms. The lowest BCUT2D eigenvalue weighted by Gasteiger charge is -2.20. The van der Waals surface area contributed by atoms with E-state index >= 15 is 0 Å². The highest BCUT2D eigenvalue weighted by Crippen LogP contribution is 2.36. The van der Waals surface area contributed by atoms with E-state index in [0.29, 0.717) is 33.8 Å². The standard InChI is InChI=1S/C17H13Cl2FN2O2/c1-2-13(16-10(18)6-21-7-11(16)19)24-14-4-3-12-15(17(14)20)9(8-23)5-22-12/h3-8,13,22H,2H2,1H3. The average molecular weight is 367 g/mol. The topological polar surface area (TPSA) is 55.0 Å². The molecule has 0 bridgehead atoms. The zero-order valence-corrected chi connectivity index (χ0v) is 14.2. The lowest BCUT2D eigenvalue weighted by molar-refractivity contribution is 0.112. The molecule has 1 N–H and O–H groups in total. The van der Waals surface area contributed by atoms with Crippen LogP contribution in [0.4, 0.5) is 4.39 Å². The van der Waals surface area contributed by atoms with E-state index in [1.54, 1.807) is 6.07 Å². The molecule has 1 unspecified atom stereocenters. The maximum atomic E-state index is 14.8. The van der Waals surface area contributed by atoms with E-state index in [-0.39, 0.29) is 16.7 Å². The van der Waals surface area contributed by atoms with Gasteiger partial charge in [0.25, 0.3) is 0 Å². The van der Waals surface area contributed by atoms with Gasteiger partial charge in [0.05, 0.1) is 10.0 Å². The van der Waals surface area contributed by atoms with Gasteiger partial charge in [-0.05, 0) is 18.6 Å². The van der Waals surface area contributed by atoms with Crippen molar-refractivity contribution in [2.24, 2.45) is 0 Å². The van der Waals surface area contributed by atoms with Crippen molar-refractivity contribution in [1.29, 1.82) is 0 Å². The Morgan fingerprint density at radius 2 is 2.04 bits per heavy atom. The van der Waals surface area contributed by atoms with Gasteiger partial charge < -0.3 is 9.72 Å². The van der Waals surface area contributed by atoms with Crippen LogP contribution in [-0.2, 0) is 0 Å². The molecule has 3 rings (SSSR count). The molecule has 24 heavy (non-hydrogen) atoms. The van der Waals surface area contributed by atoms with E-state index in [1.165, 1.54) is 24.7 Å². The predicted octanol–water partition coefficient (Wildman–Crippen LogP) is 5.35. The normalized spacial score (nSPS) is 12.3. The van der Waals surface area contributed by atoms with Crippen molar-refractivity contribution < 1.29 is 13.9 Å². The third kappa shape index (κ3) is 2.85. The van der Waals surface area contributed by atoms with Crippen LogP contribution in [0.25, 0.3) is 10.9 Å². The lowest BCUT2D eigenvalue weighted by atomic mass is 10.1. The highest BCUT2D eigenvalue weighted by atomic mass is 35.5. The van der Waals surface area contributed by atoms with Crippen molar-refractivity contribution in [3.8, 4) is 5.75 Å². The van der Waals surface area contributed by atoms with E-state index < -0.39 is 11.9 Å². The van der Waals surface area contributed by atoms with E-state index in [1.807, 2.05) is 6.92 Å². The number of fused-ring (bicyclic) bond motifs is 1. The van der Waals surface area contributed by atoms with Gasteiger partial charge in [-0.1, -0.05) is 30.1 Å². The number of carbonyl (C=O) groups excluding carboxylic acids is 1. The van der Waals surface area contributed by atoms with Gasteiger partial charge in [0, 0.05) is 40.6 Å². The Morgan fingerprint density at radius 1 is 1.33 bits per heavy atom. The number of aromatic amines is 1. The molecule has 0 spiro atoms. The zero-order chi connectivity index (χ0) is 17.3. The van der Waals surface area contributed by atoms with E-state index in [4.69, 9.17) is 27.9 Å². The first kappa shape index (κ1) is 16.7. The second kappa shape index (κ2) is 6.79. The predicted molar refractivity (Wildman–Crippen MR) is 91.6 cm³/mol. The largest absolute Gasteiger partial charge is 0.483 e. The summed E-state index contributed by atoms with van der Waals surface area (Å²) >= 11 is 12.3. The molecule has 0 saturated heterocycles. The molecule has 1 atom stereocenters. The fourth-order valence-electron chi connectivity index (χ4n) is 2.60. The summed E-state index contributed by atoms with van der Waals surface area (Å²) in [6, 6.07) is 3.16. The Balaban J connectivity index is 2.04. The van der Waals surface area contributed by atoms with E-state index in [2.05, 4.69) is 9.97 Å². The summed E-state index contributed by atoms with van der Waals surface area (Å²) in [5, 5.41) is 0.904. The monoisotopic (exact) mass is 366 g/mol. The SMILES string of the molecule is CCC(Oc1ccc2[nH]cc(C=O)c2c1F)c1c(Cl)cncc1Cl.